The Labute approximate surface area is 221 Å². The molecule has 2 aromatic rings. The zero-order chi connectivity index (χ0) is 21.1. The molecule has 0 saturated heterocycles. The second-order valence-corrected chi connectivity index (χ2v) is 40.7. The molecule has 2 aromatic carbocycles. The Morgan fingerprint density at radius 2 is 0.586 bits per heavy atom. The zero-order valence-corrected chi connectivity index (χ0v) is 32.1. The van der Waals surface area contributed by atoms with Crippen LogP contribution in [0.2, 0.25) is 39.0 Å². The topological polar surface area (TPSA) is 0 Å². The van der Waals surface area contributed by atoms with E-state index in [-0.39, 0.29) is 17.1 Å². The fraction of sp³-hybridized carbons (Fsp3) is 0.500. The Morgan fingerprint density at radius 3 is 0.724 bits per heavy atom. The van der Waals surface area contributed by atoms with Crippen LogP contribution in [0, 0.1) is 0 Å². The Bertz CT molecular complexity index is 567. The SMILES string of the molecule is [CH3][SbH]([CH3])[CH2]c1ccccc1[CH2][SbH]([CH3])[CH3].[CH3][SbH]([CH3])[CH2]c1ccccc1[CH2][SbH]([CH3])[CH3].[Cu+]. The van der Waals surface area contributed by atoms with Crippen LogP contribution in [-0.4, -0.2) is 80.8 Å². The van der Waals surface area contributed by atoms with Crippen LogP contribution in [-0.2, 0) is 34.5 Å². The van der Waals surface area contributed by atoms with Crippen LogP contribution in [0.15, 0.2) is 48.5 Å². The summed E-state index contributed by atoms with van der Waals surface area (Å²) < 4.78 is 5.76. The van der Waals surface area contributed by atoms with Gasteiger partial charge in [-0.05, 0) is 0 Å². The maximum atomic E-state index is 2.50. The molecule has 0 spiro atoms. The van der Waals surface area contributed by atoms with E-state index in [1.54, 1.807) is 22.3 Å². The van der Waals surface area contributed by atoms with Gasteiger partial charge in [0.25, 0.3) is 0 Å². The van der Waals surface area contributed by atoms with E-state index in [1.807, 2.05) is 0 Å². The molecule has 170 valence electrons. The average molecular weight is 883 g/mol. The maximum Gasteiger partial charge on any atom is 1.00 e. The van der Waals surface area contributed by atoms with E-state index in [4.69, 9.17) is 0 Å². The number of benzene rings is 2. The van der Waals surface area contributed by atoms with Gasteiger partial charge in [0.15, 0.2) is 0 Å². The van der Waals surface area contributed by atoms with Crippen molar-refractivity contribution in [3.63, 3.8) is 0 Å². The molecule has 4 radical (unpaired) electrons. The predicted octanol–water partition coefficient (Wildman–Crippen LogP) is 5.64. The van der Waals surface area contributed by atoms with E-state index in [0.29, 0.717) is 0 Å². The third kappa shape index (κ3) is 14.9. The molecular formula is C24H44CuSb4+. The molecule has 0 atom stereocenters. The average Bonchev–Trinajstić information content (AvgIpc) is 2.57. The van der Waals surface area contributed by atoms with E-state index in [0.717, 1.165) is 0 Å². The zero-order valence-electron chi connectivity index (χ0n) is 19.7. The normalized spacial score (nSPS) is 10.9. The van der Waals surface area contributed by atoms with Gasteiger partial charge >= 0.3 is 225 Å². The van der Waals surface area contributed by atoms with Crippen molar-refractivity contribution in [3.05, 3.63) is 70.8 Å². The molecule has 0 aliphatic rings. The van der Waals surface area contributed by atoms with Crippen molar-refractivity contribution in [2.75, 3.05) is 0 Å². The monoisotopic (exact) mass is 879 g/mol. The summed E-state index contributed by atoms with van der Waals surface area (Å²) in [6.45, 7) is 0. The molecule has 0 aromatic heterocycles. The van der Waals surface area contributed by atoms with Crippen LogP contribution in [0.5, 0.6) is 0 Å². The molecule has 0 amide bonds. The summed E-state index contributed by atoms with van der Waals surface area (Å²) in [6.07, 6.45) is 0. The minimum Gasteiger partial charge on any atom is 1.00 e. The van der Waals surface area contributed by atoms with E-state index < -0.39 is 80.8 Å². The standard InChI is InChI=1S/2C8H8.8CH3.Cu.4Sb.4H/c2*1-7-5-3-4-6-8(7)2;;;;;;;;;;;;;;;;;/h2*3-6H,1-2H2;8*1H3;;;;;;;;;/q;;;;;;;;;;+1;;;;;;;;. The van der Waals surface area contributed by atoms with Crippen LogP contribution < -0.4 is 0 Å². The maximum absolute atomic E-state index is 2.50. The van der Waals surface area contributed by atoms with Gasteiger partial charge in [0.2, 0.25) is 0 Å². The van der Waals surface area contributed by atoms with Gasteiger partial charge in [-0.2, -0.15) is 0 Å². The van der Waals surface area contributed by atoms with Crippen molar-refractivity contribution in [2.24, 2.45) is 0 Å². The molecule has 0 fully saturated rings. The molecule has 0 N–H and O–H groups in total. The third-order valence-corrected chi connectivity index (χ3v) is 16.8. The summed E-state index contributed by atoms with van der Waals surface area (Å²) in [4.78, 5) is 20.0. The molecule has 29 heavy (non-hydrogen) atoms. The Kier molecular flexibility index (Phi) is 19.0. The van der Waals surface area contributed by atoms with Gasteiger partial charge in [0.1, 0.15) is 0 Å². The van der Waals surface area contributed by atoms with Crippen LogP contribution in [0.25, 0.3) is 0 Å². The molecule has 0 nitrogen and oxygen atoms in total. The minimum absolute atomic E-state index is 0. The van der Waals surface area contributed by atoms with Crippen molar-refractivity contribution in [2.45, 2.75) is 56.4 Å². The van der Waals surface area contributed by atoms with Gasteiger partial charge in [0, 0.05) is 0 Å². The van der Waals surface area contributed by atoms with Crippen LogP contribution >= 0.6 is 0 Å². The summed E-state index contributed by atoms with van der Waals surface area (Å²) in [6, 6.07) is 18.3. The number of hydrogen-bond donors (Lipinski definition) is 0. The summed E-state index contributed by atoms with van der Waals surface area (Å²) in [5.41, 5.74) is 6.70. The van der Waals surface area contributed by atoms with Gasteiger partial charge in [-0.25, -0.2) is 0 Å². The second kappa shape index (κ2) is 17.7. The molecule has 2 rings (SSSR count). The quantitative estimate of drug-likeness (QED) is 0.302. The van der Waals surface area contributed by atoms with Crippen molar-refractivity contribution >= 4 is 80.8 Å². The first kappa shape index (κ1) is 31.2. The van der Waals surface area contributed by atoms with E-state index >= 15 is 0 Å². The number of rotatable bonds is 8. The van der Waals surface area contributed by atoms with Crippen molar-refractivity contribution in [3.8, 4) is 0 Å². The van der Waals surface area contributed by atoms with Gasteiger partial charge in [-0.1, -0.05) is 0 Å². The first-order valence-corrected chi connectivity index (χ1v) is 41.4. The second-order valence-electron chi connectivity index (χ2n) is 9.07. The van der Waals surface area contributed by atoms with Gasteiger partial charge in [-0.3, -0.25) is 0 Å². The molecular weight excluding hydrogens is 839 g/mol. The summed E-state index contributed by atoms with van der Waals surface area (Å²) in [5, 5.41) is 0. The summed E-state index contributed by atoms with van der Waals surface area (Å²) >= 11 is -3.83. The minimum atomic E-state index is -0.958. The molecule has 5 heteroatoms. The molecule has 0 heterocycles. The summed E-state index contributed by atoms with van der Waals surface area (Å²) in [7, 11) is 0. The number of hydrogen-bond acceptors (Lipinski definition) is 0. The molecule has 0 aliphatic heterocycles. The van der Waals surface area contributed by atoms with Gasteiger partial charge in [0.05, 0.1) is 0 Å². The van der Waals surface area contributed by atoms with Crippen LogP contribution in [0.1, 0.15) is 22.3 Å². The Hall–Kier alpha value is 2.23. The van der Waals surface area contributed by atoms with Crippen molar-refractivity contribution in [1.82, 2.24) is 0 Å². The first-order chi connectivity index (χ1) is 13.2. The third-order valence-electron chi connectivity index (χ3n) is 4.41. The molecule has 0 bridgehead atoms. The molecule has 0 saturated carbocycles. The molecule has 0 unspecified atom stereocenters. The van der Waals surface area contributed by atoms with E-state index in [9.17, 15) is 0 Å². The van der Waals surface area contributed by atoms with Crippen molar-refractivity contribution in [1.29, 1.82) is 0 Å². The molecule has 0 aliphatic carbocycles. The predicted molar refractivity (Wildman–Crippen MR) is 143 cm³/mol. The van der Waals surface area contributed by atoms with Crippen molar-refractivity contribution < 1.29 is 17.1 Å². The van der Waals surface area contributed by atoms with Crippen LogP contribution in [0.3, 0.4) is 0 Å². The smallest absolute Gasteiger partial charge is 1.00 e. The summed E-state index contributed by atoms with van der Waals surface area (Å²) in [5.74, 6) is 0. The van der Waals surface area contributed by atoms with Gasteiger partial charge in [-0.15, -0.1) is 0 Å². The fourth-order valence-corrected chi connectivity index (χ4v) is 16.0. The van der Waals surface area contributed by atoms with Gasteiger partial charge < -0.3 is 0 Å². The Balaban J connectivity index is 0.000000523. The van der Waals surface area contributed by atoms with E-state index in [2.05, 4.69) is 87.5 Å². The first-order valence-electron chi connectivity index (χ1n) is 10.5. The fourth-order valence-electron chi connectivity index (χ4n) is 3.33. The van der Waals surface area contributed by atoms with Crippen LogP contribution in [0.4, 0.5) is 0 Å². The van der Waals surface area contributed by atoms with E-state index in [1.165, 1.54) is 17.5 Å². The largest absolute Gasteiger partial charge is 1.00 e. The Morgan fingerprint density at radius 1 is 0.414 bits per heavy atom.